The first-order valence-corrected chi connectivity index (χ1v) is 7.60. The fourth-order valence-electron chi connectivity index (χ4n) is 2.34. The van der Waals surface area contributed by atoms with Crippen LogP contribution in [0.1, 0.15) is 52.3 Å². The molecule has 0 aliphatic carbocycles. The Morgan fingerprint density at radius 1 is 1.26 bits per heavy atom. The molecule has 1 aromatic rings. The van der Waals surface area contributed by atoms with E-state index >= 15 is 0 Å². The van der Waals surface area contributed by atoms with Crippen molar-refractivity contribution in [2.24, 2.45) is 0 Å². The summed E-state index contributed by atoms with van der Waals surface area (Å²) in [6, 6.07) is 1.83. The molecule has 0 radical (unpaired) electrons. The summed E-state index contributed by atoms with van der Waals surface area (Å²) in [5.41, 5.74) is 0. The lowest BCUT2D eigenvalue weighted by Crippen LogP contribution is -2.35. The molecule has 4 nitrogen and oxygen atoms in total. The number of hydrogen-bond acceptors (Lipinski definition) is 4. The number of ether oxygens (including phenoxy) is 2. The maximum atomic E-state index is 6.01. The Bertz CT molecular complexity index is 429. The second-order valence-corrected chi connectivity index (χ2v) is 6.32. The molecule has 0 N–H and O–H groups in total. The number of nitrogens with zero attached hydrogens (tertiary/aromatic N) is 2. The molecular formula is C14H21BrN2O2. The molecule has 0 amide bonds. The molecule has 2 atom stereocenters. The van der Waals surface area contributed by atoms with E-state index in [0.29, 0.717) is 5.88 Å². The normalized spacial score (nSPS) is 27.6. The third kappa shape index (κ3) is 4.14. The summed E-state index contributed by atoms with van der Waals surface area (Å²) < 4.78 is 12.5. The van der Waals surface area contributed by atoms with E-state index in [1.807, 2.05) is 6.07 Å². The van der Waals surface area contributed by atoms with Crippen molar-refractivity contribution >= 4 is 15.9 Å². The van der Waals surface area contributed by atoms with Gasteiger partial charge in [0.25, 0.3) is 0 Å². The van der Waals surface area contributed by atoms with Crippen LogP contribution in [0.2, 0.25) is 0 Å². The summed E-state index contributed by atoms with van der Waals surface area (Å²) in [4.78, 5) is 8.83. The van der Waals surface area contributed by atoms with Gasteiger partial charge in [0, 0.05) is 24.8 Å². The average molecular weight is 329 g/mol. The molecule has 0 saturated carbocycles. The van der Waals surface area contributed by atoms with Gasteiger partial charge in [-0.2, -0.15) is 4.98 Å². The van der Waals surface area contributed by atoms with Crippen molar-refractivity contribution in [3.05, 3.63) is 16.5 Å². The first-order valence-electron chi connectivity index (χ1n) is 6.80. The first kappa shape index (κ1) is 14.7. The lowest BCUT2D eigenvalue weighted by molar-refractivity contribution is -0.0730. The molecule has 1 aromatic heterocycles. The van der Waals surface area contributed by atoms with E-state index in [1.165, 1.54) is 0 Å². The summed E-state index contributed by atoms with van der Waals surface area (Å²) in [7, 11) is 0. The lowest BCUT2D eigenvalue weighted by Gasteiger charge is -2.32. The third-order valence-electron chi connectivity index (χ3n) is 3.15. The Balaban J connectivity index is 2.10. The van der Waals surface area contributed by atoms with Crippen LogP contribution in [0.25, 0.3) is 0 Å². The second kappa shape index (κ2) is 6.18. The average Bonchev–Trinajstić information content (AvgIpc) is 2.26. The van der Waals surface area contributed by atoms with Gasteiger partial charge in [-0.05, 0) is 29.8 Å². The maximum Gasteiger partial charge on any atom is 0.218 e. The van der Waals surface area contributed by atoms with Crippen LogP contribution in [-0.4, -0.2) is 28.3 Å². The minimum absolute atomic E-state index is 0.167. The van der Waals surface area contributed by atoms with Crippen LogP contribution in [0.5, 0.6) is 5.88 Å². The minimum Gasteiger partial charge on any atom is -0.474 e. The van der Waals surface area contributed by atoms with Gasteiger partial charge in [-0.1, -0.05) is 13.8 Å². The number of rotatable bonds is 3. The van der Waals surface area contributed by atoms with E-state index in [-0.39, 0.29) is 24.2 Å². The Morgan fingerprint density at radius 2 is 1.89 bits per heavy atom. The van der Waals surface area contributed by atoms with Gasteiger partial charge in [-0.15, -0.1) is 0 Å². The fourth-order valence-corrected chi connectivity index (χ4v) is 2.72. The summed E-state index contributed by atoms with van der Waals surface area (Å²) in [6.45, 7) is 8.32. The van der Waals surface area contributed by atoms with Gasteiger partial charge >= 0.3 is 0 Å². The highest BCUT2D eigenvalue weighted by atomic mass is 79.9. The standard InChI is InChI=1S/C14H21BrN2O2/c1-8(2)14-16-12(15)7-13(17-14)19-11-5-9(3)18-10(4)6-11/h7-11H,5-6H2,1-4H3. The third-order valence-corrected chi connectivity index (χ3v) is 3.55. The van der Waals surface area contributed by atoms with Crippen molar-refractivity contribution in [3.8, 4) is 5.88 Å². The molecule has 0 bridgehead atoms. The molecule has 5 heteroatoms. The molecule has 0 aromatic carbocycles. The molecule has 2 heterocycles. The van der Waals surface area contributed by atoms with Crippen LogP contribution in [0, 0.1) is 0 Å². The molecule has 1 fully saturated rings. The van der Waals surface area contributed by atoms with Gasteiger partial charge in [0.2, 0.25) is 5.88 Å². The van der Waals surface area contributed by atoms with E-state index in [0.717, 1.165) is 23.3 Å². The van der Waals surface area contributed by atoms with E-state index in [9.17, 15) is 0 Å². The molecular weight excluding hydrogens is 308 g/mol. The van der Waals surface area contributed by atoms with Gasteiger partial charge in [0.1, 0.15) is 16.5 Å². The smallest absolute Gasteiger partial charge is 0.218 e. The van der Waals surface area contributed by atoms with Crippen LogP contribution in [0.4, 0.5) is 0 Å². The second-order valence-electron chi connectivity index (χ2n) is 5.51. The summed E-state index contributed by atoms with van der Waals surface area (Å²) in [6.07, 6.45) is 2.46. The molecule has 19 heavy (non-hydrogen) atoms. The quantitative estimate of drug-likeness (QED) is 0.793. The predicted molar refractivity (Wildman–Crippen MR) is 77.5 cm³/mol. The van der Waals surface area contributed by atoms with Gasteiger partial charge in [-0.25, -0.2) is 4.98 Å². The van der Waals surface area contributed by atoms with Crippen LogP contribution in [0.3, 0.4) is 0 Å². The van der Waals surface area contributed by atoms with Crippen LogP contribution >= 0.6 is 15.9 Å². The highest BCUT2D eigenvalue weighted by Crippen LogP contribution is 2.25. The molecule has 2 unspecified atom stereocenters. The van der Waals surface area contributed by atoms with Crippen molar-refractivity contribution < 1.29 is 9.47 Å². The molecule has 2 rings (SSSR count). The van der Waals surface area contributed by atoms with Crippen molar-refractivity contribution in [1.29, 1.82) is 0 Å². The van der Waals surface area contributed by atoms with Gasteiger partial charge < -0.3 is 9.47 Å². The number of aromatic nitrogens is 2. The van der Waals surface area contributed by atoms with E-state index < -0.39 is 0 Å². The summed E-state index contributed by atoms with van der Waals surface area (Å²) in [5.74, 6) is 1.74. The Kier molecular flexibility index (Phi) is 4.79. The molecule has 106 valence electrons. The van der Waals surface area contributed by atoms with Crippen molar-refractivity contribution in [1.82, 2.24) is 9.97 Å². The zero-order valence-electron chi connectivity index (χ0n) is 11.9. The zero-order valence-corrected chi connectivity index (χ0v) is 13.5. The van der Waals surface area contributed by atoms with Crippen molar-refractivity contribution in [3.63, 3.8) is 0 Å². The summed E-state index contributed by atoms with van der Waals surface area (Å²) >= 11 is 3.41. The SMILES string of the molecule is CC1CC(Oc2cc(Br)nc(C(C)C)n2)CC(C)O1. The Morgan fingerprint density at radius 3 is 2.47 bits per heavy atom. The predicted octanol–water partition coefficient (Wildman–Crippen LogP) is 3.70. The molecule has 1 aliphatic heterocycles. The Hall–Kier alpha value is -0.680. The molecule has 1 aliphatic rings. The lowest BCUT2D eigenvalue weighted by atomic mass is 10.0. The maximum absolute atomic E-state index is 6.01. The van der Waals surface area contributed by atoms with E-state index in [2.05, 4.69) is 53.6 Å². The molecule has 1 saturated heterocycles. The van der Waals surface area contributed by atoms with Gasteiger partial charge in [-0.3, -0.25) is 0 Å². The fraction of sp³-hybridized carbons (Fsp3) is 0.714. The van der Waals surface area contributed by atoms with Crippen LogP contribution < -0.4 is 4.74 Å². The monoisotopic (exact) mass is 328 g/mol. The van der Waals surface area contributed by atoms with Crippen molar-refractivity contribution in [2.75, 3.05) is 0 Å². The van der Waals surface area contributed by atoms with Crippen LogP contribution in [-0.2, 0) is 4.74 Å². The number of hydrogen-bond donors (Lipinski definition) is 0. The van der Waals surface area contributed by atoms with Crippen molar-refractivity contribution in [2.45, 2.75) is 64.8 Å². The minimum atomic E-state index is 0.167. The Labute approximate surface area is 123 Å². The topological polar surface area (TPSA) is 44.2 Å². The van der Waals surface area contributed by atoms with Crippen LogP contribution in [0.15, 0.2) is 10.7 Å². The van der Waals surface area contributed by atoms with E-state index in [4.69, 9.17) is 9.47 Å². The summed E-state index contributed by atoms with van der Waals surface area (Å²) in [5, 5.41) is 0. The highest BCUT2D eigenvalue weighted by Gasteiger charge is 2.26. The van der Waals surface area contributed by atoms with Gasteiger partial charge in [0.05, 0.1) is 12.2 Å². The zero-order chi connectivity index (χ0) is 14.0. The highest BCUT2D eigenvalue weighted by molar-refractivity contribution is 9.10. The number of halogens is 1. The largest absolute Gasteiger partial charge is 0.474 e. The first-order chi connectivity index (χ1) is 8.94. The molecule has 0 spiro atoms. The van der Waals surface area contributed by atoms with Gasteiger partial charge in [0.15, 0.2) is 0 Å². The van der Waals surface area contributed by atoms with E-state index in [1.54, 1.807) is 0 Å².